The monoisotopic (exact) mass is 448 g/mol. The van der Waals surface area contributed by atoms with Crippen molar-refractivity contribution in [3.05, 3.63) is 58.4 Å². The number of rotatable bonds is 6. The summed E-state index contributed by atoms with van der Waals surface area (Å²) in [5, 5.41) is 5.18. The Morgan fingerprint density at radius 2 is 1.73 bits per heavy atom. The van der Waals surface area contributed by atoms with Gasteiger partial charge in [0.05, 0.1) is 15.2 Å². The van der Waals surface area contributed by atoms with Gasteiger partial charge in [-0.1, -0.05) is 26.0 Å². The Balaban J connectivity index is 1.51. The van der Waals surface area contributed by atoms with E-state index >= 15 is 0 Å². The molecule has 30 heavy (non-hydrogen) atoms. The van der Waals surface area contributed by atoms with Crippen molar-refractivity contribution in [1.82, 2.24) is 4.98 Å². The van der Waals surface area contributed by atoms with Crippen molar-refractivity contribution in [2.24, 2.45) is 0 Å². The lowest BCUT2D eigenvalue weighted by Crippen LogP contribution is -2.15. The zero-order chi connectivity index (χ0) is 20.7. The van der Waals surface area contributed by atoms with Gasteiger partial charge >= 0.3 is 0 Å². The molecule has 0 amide bonds. The molecule has 0 aliphatic carbocycles. The highest BCUT2D eigenvalue weighted by Gasteiger charge is 2.11. The highest BCUT2D eigenvalue weighted by molar-refractivity contribution is 7.24. The number of hydrogen-bond acceptors (Lipinski definition) is 5. The van der Waals surface area contributed by atoms with Crippen LogP contribution >= 0.6 is 34.0 Å². The summed E-state index contributed by atoms with van der Waals surface area (Å²) in [7, 11) is 2.19. The largest absolute Gasteiger partial charge is 0.366 e. The third-order valence-electron chi connectivity index (χ3n) is 5.36. The smallest absolute Gasteiger partial charge is 0.120 e. The van der Waals surface area contributed by atoms with Crippen LogP contribution in [0.1, 0.15) is 36.6 Å². The van der Waals surface area contributed by atoms with Crippen LogP contribution in [0.15, 0.2) is 48.5 Å². The van der Waals surface area contributed by atoms with Gasteiger partial charge in [-0.2, -0.15) is 0 Å². The predicted octanol–water partition coefficient (Wildman–Crippen LogP) is 8.52. The van der Waals surface area contributed by atoms with Crippen LogP contribution in [0.5, 0.6) is 0 Å². The van der Waals surface area contributed by atoms with Gasteiger partial charge in [-0.25, -0.2) is 4.98 Å². The van der Waals surface area contributed by atoms with E-state index in [1.165, 1.54) is 46.7 Å². The molecule has 5 rings (SSSR count). The molecule has 2 nitrogen and oxygen atoms in total. The third-order valence-corrected chi connectivity index (χ3v) is 8.73. The third kappa shape index (κ3) is 3.66. The summed E-state index contributed by atoms with van der Waals surface area (Å²) in [6, 6.07) is 17.8. The number of anilines is 1. The van der Waals surface area contributed by atoms with Gasteiger partial charge in [-0.15, -0.1) is 34.0 Å². The number of thiophene rings is 2. The molecule has 0 radical (unpaired) electrons. The molecule has 0 fully saturated rings. The van der Waals surface area contributed by atoms with Crippen LogP contribution in [0.25, 0.3) is 42.0 Å². The molecule has 0 saturated carbocycles. The summed E-state index contributed by atoms with van der Waals surface area (Å²) in [6.07, 6.45) is 4.48. The maximum atomic E-state index is 4.86. The normalized spacial score (nSPS) is 12.4. The lowest BCUT2D eigenvalue weighted by molar-refractivity contribution is 0.859. The number of benzene rings is 2. The lowest BCUT2D eigenvalue weighted by atomic mass is 10.1. The molecular weight excluding hydrogens is 424 g/mol. The molecule has 0 saturated heterocycles. The van der Waals surface area contributed by atoms with Crippen molar-refractivity contribution >= 4 is 81.0 Å². The molecule has 0 aliphatic heterocycles. The van der Waals surface area contributed by atoms with E-state index in [1.54, 1.807) is 11.3 Å². The first-order valence-corrected chi connectivity index (χ1v) is 12.8. The average molecular weight is 449 g/mol. The van der Waals surface area contributed by atoms with Crippen LogP contribution in [0.4, 0.5) is 5.00 Å². The Morgan fingerprint density at radius 3 is 2.53 bits per heavy atom. The quantitative estimate of drug-likeness (QED) is 0.259. The van der Waals surface area contributed by atoms with Crippen molar-refractivity contribution in [3.8, 4) is 0 Å². The molecular formula is C25H24N2S3. The molecule has 0 atom stereocenters. The Labute approximate surface area is 189 Å². The Kier molecular flexibility index (Phi) is 5.35. The van der Waals surface area contributed by atoms with Crippen molar-refractivity contribution in [1.29, 1.82) is 0 Å². The van der Waals surface area contributed by atoms with Crippen molar-refractivity contribution < 1.29 is 0 Å². The van der Waals surface area contributed by atoms with E-state index in [9.17, 15) is 0 Å². The van der Waals surface area contributed by atoms with Crippen LogP contribution in [-0.4, -0.2) is 18.6 Å². The second kappa shape index (κ2) is 8.14. The van der Waals surface area contributed by atoms with Gasteiger partial charge in [0.25, 0.3) is 0 Å². The van der Waals surface area contributed by atoms with E-state index < -0.39 is 0 Å². The van der Waals surface area contributed by atoms with Gasteiger partial charge < -0.3 is 4.90 Å². The molecule has 0 unspecified atom stereocenters. The summed E-state index contributed by atoms with van der Waals surface area (Å²) in [5.41, 5.74) is 2.41. The molecule has 152 valence electrons. The van der Waals surface area contributed by atoms with Crippen molar-refractivity contribution in [3.63, 3.8) is 0 Å². The topological polar surface area (TPSA) is 16.1 Å². The minimum absolute atomic E-state index is 0.982. The molecule has 0 spiro atoms. The fourth-order valence-electron chi connectivity index (χ4n) is 3.78. The van der Waals surface area contributed by atoms with E-state index in [1.807, 2.05) is 22.7 Å². The molecule has 3 aromatic heterocycles. The number of fused-ring (bicyclic) bond motifs is 3. The van der Waals surface area contributed by atoms with Crippen LogP contribution in [0, 0.1) is 0 Å². The first-order valence-electron chi connectivity index (χ1n) is 10.4. The van der Waals surface area contributed by atoms with Gasteiger partial charge in [0, 0.05) is 27.9 Å². The molecule has 2 aromatic carbocycles. The average Bonchev–Trinajstić information content (AvgIpc) is 3.45. The Hall–Kier alpha value is -2.21. The van der Waals surface area contributed by atoms with Gasteiger partial charge in [0.2, 0.25) is 0 Å². The lowest BCUT2D eigenvalue weighted by Gasteiger charge is -2.14. The minimum atomic E-state index is 0.982. The first kappa shape index (κ1) is 19.7. The van der Waals surface area contributed by atoms with Gasteiger partial charge in [-0.3, -0.25) is 0 Å². The highest BCUT2D eigenvalue weighted by Crippen LogP contribution is 2.39. The van der Waals surface area contributed by atoms with E-state index in [0.29, 0.717) is 0 Å². The van der Waals surface area contributed by atoms with Crippen LogP contribution in [0.2, 0.25) is 0 Å². The summed E-state index contributed by atoms with van der Waals surface area (Å²) < 4.78 is 3.99. The van der Waals surface area contributed by atoms with E-state index in [4.69, 9.17) is 4.98 Å². The summed E-state index contributed by atoms with van der Waals surface area (Å²) in [4.78, 5) is 8.53. The number of aromatic nitrogens is 1. The second-order valence-electron chi connectivity index (χ2n) is 7.59. The predicted molar refractivity (Wildman–Crippen MR) is 139 cm³/mol. The molecule has 3 heterocycles. The second-order valence-corrected chi connectivity index (χ2v) is 10.8. The standard InChI is InChI=1S/C25H24N2S3/c1-4-10-27(3)24-14-18-11-17-13-19(28-22(17)15-23(18)29-24)12-16(5-2)25-26-20-8-6-7-9-21(20)30-25/h6-9,11-15H,4-5,10H2,1-3H3/b16-12+. The maximum absolute atomic E-state index is 4.86. The number of hydrogen-bond donors (Lipinski definition) is 0. The molecule has 0 aliphatic rings. The number of thiazole rings is 1. The Morgan fingerprint density at radius 1 is 0.933 bits per heavy atom. The zero-order valence-electron chi connectivity index (χ0n) is 17.4. The SMILES string of the molecule is CCCN(C)c1cc2cc3cc(/C=C(\CC)c4nc5ccccc5s4)sc3cc2s1. The highest BCUT2D eigenvalue weighted by atomic mass is 32.1. The van der Waals surface area contributed by atoms with Gasteiger partial charge in [0.1, 0.15) is 5.01 Å². The van der Waals surface area contributed by atoms with Crippen LogP contribution < -0.4 is 4.90 Å². The molecule has 0 N–H and O–H groups in total. The van der Waals surface area contributed by atoms with Crippen LogP contribution in [-0.2, 0) is 0 Å². The number of nitrogens with zero attached hydrogens (tertiary/aromatic N) is 2. The Bertz CT molecular complexity index is 1290. The maximum Gasteiger partial charge on any atom is 0.120 e. The van der Waals surface area contributed by atoms with Crippen molar-refractivity contribution in [2.75, 3.05) is 18.5 Å². The molecule has 5 heteroatoms. The van der Waals surface area contributed by atoms with E-state index in [0.717, 1.165) is 23.5 Å². The van der Waals surface area contributed by atoms with Crippen molar-refractivity contribution in [2.45, 2.75) is 26.7 Å². The van der Waals surface area contributed by atoms with E-state index in [-0.39, 0.29) is 0 Å². The van der Waals surface area contributed by atoms with Crippen LogP contribution in [0.3, 0.4) is 0 Å². The summed E-state index contributed by atoms with van der Waals surface area (Å²) in [6.45, 7) is 5.55. The fourth-order valence-corrected chi connectivity index (χ4v) is 7.03. The molecule has 0 bridgehead atoms. The zero-order valence-corrected chi connectivity index (χ0v) is 19.9. The van der Waals surface area contributed by atoms with Gasteiger partial charge in [-0.05, 0) is 71.7 Å². The molecule has 5 aromatic rings. The summed E-state index contributed by atoms with van der Waals surface area (Å²) >= 11 is 5.56. The van der Waals surface area contributed by atoms with Gasteiger partial charge in [0.15, 0.2) is 0 Å². The summed E-state index contributed by atoms with van der Waals surface area (Å²) in [5.74, 6) is 0. The first-order chi connectivity index (χ1) is 14.6. The minimum Gasteiger partial charge on any atom is -0.366 e. The number of para-hydroxylation sites is 1. The number of allylic oxidation sites excluding steroid dienone is 1. The fraction of sp³-hybridized carbons (Fsp3) is 0.240. The van der Waals surface area contributed by atoms with E-state index in [2.05, 4.69) is 80.4 Å².